The number of hydrazone groups is 1. The molecule has 1 aliphatic heterocycles. The standard InChI is InChI=1S/C27H26N6O6S3/c1-17-11-12-31(18(2)13-17)42(38,39)26-15-20(32(34)35)8-9-22(26)30-28-16-19-7-10-25(23(14-19)33(36)37)41-27-29-21-5-3-4-6-24(21)40-27/h3-10,14-18,30H,11-13H2,1-2H3/b28-16-/t17-,18-/m0/s1. The Kier molecular flexibility index (Phi) is 8.54. The molecule has 0 saturated carbocycles. The molecule has 2 heterocycles. The number of nitro groups is 2. The number of aromatic nitrogens is 1. The van der Waals surface area contributed by atoms with Gasteiger partial charge in [-0.25, -0.2) is 13.4 Å². The fraction of sp³-hybridized carbons (Fsp3) is 0.259. The maximum atomic E-state index is 13.6. The summed E-state index contributed by atoms with van der Waals surface area (Å²) < 4.78 is 30.3. The highest BCUT2D eigenvalue weighted by molar-refractivity contribution is 8.01. The number of thiazole rings is 1. The number of nitro benzene ring substituents is 2. The van der Waals surface area contributed by atoms with Gasteiger partial charge < -0.3 is 0 Å². The number of non-ortho nitro benzene ring substituents is 1. The summed E-state index contributed by atoms with van der Waals surface area (Å²) in [5, 5.41) is 27.4. The number of benzene rings is 3. The molecule has 1 N–H and O–H groups in total. The molecule has 218 valence electrons. The summed E-state index contributed by atoms with van der Waals surface area (Å²) in [5.74, 6) is 0.369. The number of fused-ring (bicyclic) bond motifs is 1. The van der Waals surface area contributed by atoms with Crippen molar-refractivity contribution in [3.8, 4) is 0 Å². The fourth-order valence-electron chi connectivity index (χ4n) is 4.81. The van der Waals surface area contributed by atoms with Gasteiger partial charge in [-0.3, -0.25) is 25.7 Å². The van der Waals surface area contributed by atoms with Gasteiger partial charge in [0.1, 0.15) is 4.90 Å². The molecule has 0 bridgehead atoms. The SMILES string of the molecule is C[C@H]1CCN(S(=O)(=O)c2cc([N+](=O)[O-])ccc2N/N=C\c2ccc(Sc3nc4ccccc4s3)c([N+](=O)[O-])c2)[C@@H](C)C1. The largest absolute Gasteiger partial charge is 0.283 e. The van der Waals surface area contributed by atoms with Crippen molar-refractivity contribution in [2.24, 2.45) is 11.0 Å². The van der Waals surface area contributed by atoms with Crippen LogP contribution in [0.15, 0.2) is 79.9 Å². The highest BCUT2D eigenvalue weighted by Gasteiger charge is 2.35. The van der Waals surface area contributed by atoms with Gasteiger partial charge in [0.05, 0.1) is 36.9 Å². The molecular formula is C27H26N6O6S3. The summed E-state index contributed by atoms with van der Waals surface area (Å²) in [5.41, 5.74) is 3.45. The average Bonchev–Trinajstić information content (AvgIpc) is 3.36. The van der Waals surface area contributed by atoms with E-state index in [9.17, 15) is 28.6 Å². The molecule has 1 fully saturated rings. The minimum absolute atomic E-state index is 0.0557. The lowest BCUT2D eigenvalue weighted by atomic mass is 9.95. The molecule has 15 heteroatoms. The first-order chi connectivity index (χ1) is 20.0. The third-order valence-corrected chi connectivity index (χ3v) is 11.1. The number of sulfonamides is 1. The maximum absolute atomic E-state index is 13.6. The number of nitrogens with zero attached hydrogens (tertiary/aromatic N) is 5. The smallest absolute Gasteiger partial charge is 0.277 e. The fourth-order valence-corrected chi connectivity index (χ4v) is 8.74. The second kappa shape index (κ2) is 12.1. The summed E-state index contributed by atoms with van der Waals surface area (Å²) in [7, 11) is -4.08. The van der Waals surface area contributed by atoms with Crippen molar-refractivity contribution in [1.29, 1.82) is 0 Å². The van der Waals surface area contributed by atoms with Gasteiger partial charge >= 0.3 is 0 Å². The summed E-state index contributed by atoms with van der Waals surface area (Å²) in [6, 6.07) is 15.5. The molecule has 1 aromatic heterocycles. The molecule has 1 saturated heterocycles. The number of anilines is 1. The minimum atomic E-state index is -4.08. The average molecular weight is 627 g/mol. The van der Waals surface area contributed by atoms with Crippen LogP contribution in [0.25, 0.3) is 10.2 Å². The number of piperidine rings is 1. The van der Waals surface area contributed by atoms with E-state index >= 15 is 0 Å². The van der Waals surface area contributed by atoms with E-state index in [0.29, 0.717) is 40.1 Å². The van der Waals surface area contributed by atoms with Crippen molar-refractivity contribution in [2.75, 3.05) is 12.0 Å². The van der Waals surface area contributed by atoms with Crippen molar-refractivity contribution in [1.82, 2.24) is 9.29 Å². The van der Waals surface area contributed by atoms with E-state index in [1.807, 2.05) is 31.2 Å². The van der Waals surface area contributed by atoms with Crippen LogP contribution in [0.5, 0.6) is 0 Å². The summed E-state index contributed by atoms with van der Waals surface area (Å²) >= 11 is 2.64. The van der Waals surface area contributed by atoms with Gasteiger partial charge in [0, 0.05) is 36.3 Å². The Morgan fingerprint density at radius 2 is 1.88 bits per heavy atom. The van der Waals surface area contributed by atoms with Gasteiger partial charge in [-0.1, -0.05) is 36.9 Å². The highest BCUT2D eigenvalue weighted by atomic mass is 32.2. The lowest BCUT2D eigenvalue weighted by Gasteiger charge is -2.35. The Labute approximate surface area is 249 Å². The lowest BCUT2D eigenvalue weighted by molar-refractivity contribution is -0.387. The quantitative estimate of drug-likeness (QED) is 0.124. The highest BCUT2D eigenvalue weighted by Crippen LogP contribution is 2.39. The molecule has 3 aromatic carbocycles. The van der Waals surface area contributed by atoms with Gasteiger partial charge in [0.25, 0.3) is 11.4 Å². The van der Waals surface area contributed by atoms with E-state index in [1.165, 1.54) is 51.8 Å². The molecule has 2 atom stereocenters. The molecule has 0 radical (unpaired) electrons. The zero-order chi connectivity index (χ0) is 30.0. The summed E-state index contributed by atoms with van der Waals surface area (Å²) in [6.07, 6.45) is 2.69. The molecule has 0 unspecified atom stereocenters. The van der Waals surface area contributed by atoms with Gasteiger partial charge in [0.15, 0.2) is 4.34 Å². The van der Waals surface area contributed by atoms with Crippen LogP contribution in [0.3, 0.4) is 0 Å². The molecule has 0 aliphatic carbocycles. The van der Waals surface area contributed by atoms with Crippen molar-refractivity contribution >= 4 is 66.6 Å². The summed E-state index contributed by atoms with van der Waals surface area (Å²) in [4.78, 5) is 26.8. The molecule has 0 spiro atoms. The number of hydrogen-bond donors (Lipinski definition) is 1. The summed E-state index contributed by atoms with van der Waals surface area (Å²) in [6.45, 7) is 4.19. The zero-order valence-corrected chi connectivity index (χ0v) is 25.0. The van der Waals surface area contributed by atoms with Crippen LogP contribution in [0, 0.1) is 26.1 Å². The number of rotatable bonds is 9. The molecule has 1 aliphatic rings. The molecule has 5 rings (SSSR count). The topological polar surface area (TPSA) is 161 Å². The Bertz CT molecular complexity index is 1780. The van der Waals surface area contributed by atoms with Crippen LogP contribution in [0.4, 0.5) is 17.1 Å². The van der Waals surface area contributed by atoms with Gasteiger partial charge in [-0.2, -0.15) is 9.41 Å². The Morgan fingerprint density at radius 3 is 2.60 bits per heavy atom. The van der Waals surface area contributed by atoms with Crippen molar-refractivity contribution in [2.45, 2.75) is 46.9 Å². The van der Waals surface area contributed by atoms with E-state index in [-0.39, 0.29) is 28.0 Å². The Balaban J connectivity index is 1.40. The third-order valence-electron chi connectivity index (χ3n) is 6.89. The van der Waals surface area contributed by atoms with E-state index in [2.05, 4.69) is 22.4 Å². The number of nitrogens with one attached hydrogen (secondary N) is 1. The Hall–Kier alpha value is -3.92. The first kappa shape index (κ1) is 29.6. The predicted molar refractivity (Wildman–Crippen MR) is 163 cm³/mol. The molecule has 12 nitrogen and oxygen atoms in total. The van der Waals surface area contributed by atoms with E-state index in [4.69, 9.17) is 0 Å². The zero-order valence-electron chi connectivity index (χ0n) is 22.5. The maximum Gasteiger partial charge on any atom is 0.283 e. The second-order valence-electron chi connectivity index (χ2n) is 9.94. The van der Waals surface area contributed by atoms with E-state index in [0.717, 1.165) is 16.3 Å². The van der Waals surface area contributed by atoms with E-state index < -0.39 is 19.9 Å². The van der Waals surface area contributed by atoms with Crippen molar-refractivity contribution < 1.29 is 18.3 Å². The molecular weight excluding hydrogens is 601 g/mol. The van der Waals surface area contributed by atoms with Gasteiger partial charge in [-0.15, -0.1) is 11.3 Å². The first-order valence-electron chi connectivity index (χ1n) is 12.9. The van der Waals surface area contributed by atoms with Gasteiger partial charge in [-0.05, 0) is 49.9 Å². The van der Waals surface area contributed by atoms with Crippen molar-refractivity contribution in [3.63, 3.8) is 0 Å². The normalized spacial score (nSPS) is 18.0. The second-order valence-corrected chi connectivity index (χ2v) is 14.1. The van der Waals surface area contributed by atoms with Crippen LogP contribution >= 0.6 is 23.1 Å². The van der Waals surface area contributed by atoms with E-state index in [1.54, 1.807) is 12.1 Å². The van der Waals surface area contributed by atoms with Crippen LogP contribution in [-0.4, -0.2) is 46.4 Å². The predicted octanol–water partition coefficient (Wildman–Crippen LogP) is 6.52. The molecule has 0 amide bonds. The number of hydrogen-bond acceptors (Lipinski definition) is 11. The monoisotopic (exact) mass is 626 g/mol. The van der Waals surface area contributed by atoms with Crippen LogP contribution < -0.4 is 5.43 Å². The Morgan fingerprint density at radius 1 is 1.10 bits per heavy atom. The van der Waals surface area contributed by atoms with Gasteiger partial charge in [0.2, 0.25) is 10.0 Å². The van der Waals surface area contributed by atoms with Crippen LogP contribution in [0.1, 0.15) is 32.3 Å². The molecule has 42 heavy (non-hydrogen) atoms. The molecule has 4 aromatic rings. The van der Waals surface area contributed by atoms with Crippen LogP contribution in [0.2, 0.25) is 0 Å². The lowest BCUT2D eigenvalue weighted by Crippen LogP contribution is -2.44. The first-order valence-corrected chi connectivity index (χ1v) is 16.0. The minimum Gasteiger partial charge on any atom is -0.277 e. The number of para-hydroxylation sites is 1. The van der Waals surface area contributed by atoms with Crippen molar-refractivity contribution in [3.05, 3.63) is 86.5 Å². The third kappa shape index (κ3) is 6.28. The van der Waals surface area contributed by atoms with Crippen LogP contribution in [-0.2, 0) is 10.0 Å².